The Hall–Kier alpha value is -2.55. The molecule has 146 valence electrons. The van der Waals surface area contributed by atoms with Crippen molar-refractivity contribution in [1.82, 2.24) is 29.7 Å². The first-order valence-corrected chi connectivity index (χ1v) is 9.83. The van der Waals surface area contributed by atoms with E-state index in [0.717, 1.165) is 62.2 Å². The molecule has 7 nitrogen and oxygen atoms in total. The first-order valence-electron chi connectivity index (χ1n) is 9.42. The standard InChI is InChI=1S/C20H24N6OS/c1-16-13-18(27-23-16)14-24-9-11-25(12-10-24)15-26-20(28)21-19(22-26)8-7-17-5-3-2-4-6-17/h2-8,13H,9-12,14-15H2,1H3,(H,21,22,28)/b8-7+. The van der Waals surface area contributed by atoms with Crippen LogP contribution in [0.4, 0.5) is 0 Å². The molecule has 4 rings (SSSR count). The second-order valence-electron chi connectivity index (χ2n) is 7.03. The number of hydrogen-bond acceptors (Lipinski definition) is 6. The van der Waals surface area contributed by atoms with Gasteiger partial charge in [0, 0.05) is 32.2 Å². The molecule has 0 atom stereocenters. The van der Waals surface area contributed by atoms with Crippen molar-refractivity contribution in [1.29, 1.82) is 0 Å². The first kappa shape index (κ1) is 18.8. The van der Waals surface area contributed by atoms with Gasteiger partial charge >= 0.3 is 0 Å². The minimum Gasteiger partial charge on any atom is -0.360 e. The van der Waals surface area contributed by atoms with E-state index in [4.69, 9.17) is 16.7 Å². The zero-order chi connectivity index (χ0) is 19.3. The largest absolute Gasteiger partial charge is 0.360 e. The molecule has 0 bridgehead atoms. The molecule has 1 saturated heterocycles. The minimum atomic E-state index is 0.576. The van der Waals surface area contributed by atoms with Gasteiger partial charge in [-0.25, -0.2) is 4.68 Å². The summed E-state index contributed by atoms with van der Waals surface area (Å²) in [6.07, 6.45) is 3.99. The lowest BCUT2D eigenvalue weighted by Gasteiger charge is -2.33. The van der Waals surface area contributed by atoms with Crippen LogP contribution in [0.5, 0.6) is 0 Å². The monoisotopic (exact) mass is 396 g/mol. The molecule has 1 aromatic carbocycles. The molecule has 3 aromatic rings. The summed E-state index contributed by atoms with van der Waals surface area (Å²) in [5.41, 5.74) is 2.06. The molecule has 0 amide bonds. The number of rotatable bonds is 6. The van der Waals surface area contributed by atoms with E-state index in [1.54, 1.807) is 0 Å². The Morgan fingerprint density at radius 1 is 1.11 bits per heavy atom. The quantitative estimate of drug-likeness (QED) is 0.646. The lowest BCUT2D eigenvalue weighted by molar-refractivity contribution is 0.0921. The number of piperazine rings is 1. The number of aromatic amines is 1. The SMILES string of the molecule is Cc1cc(CN2CCN(Cn3[nH]c(/C=C/c4ccccc4)nc3=S)CC2)on1. The predicted molar refractivity (Wildman–Crippen MR) is 111 cm³/mol. The van der Waals surface area contributed by atoms with Crippen LogP contribution in [0.3, 0.4) is 0 Å². The molecule has 0 unspecified atom stereocenters. The maximum atomic E-state index is 5.41. The van der Waals surface area contributed by atoms with Crippen molar-refractivity contribution in [3.05, 3.63) is 64.0 Å². The van der Waals surface area contributed by atoms with E-state index >= 15 is 0 Å². The second kappa shape index (κ2) is 8.64. The number of aryl methyl sites for hydroxylation is 1. The van der Waals surface area contributed by atoms with Crippen LogP contribution in [0.2, 0.25) is 0 Å². The van der Waals surface area contributed by atoms with Crippen LogP contribution in [-0.2, 0) is 13.2 Å². The van der Waals surface area contributed by atoms with Crippen molar-refractivity contribution in [3.63, 3.8) is 0 Å². The fourth-order valence-electron chi connectivity index (χ4n) is 3.28. The van der Waals surface area contributed by atoms with E-state index in [-0.39, 0.29) is 0 Å². The van der Waals surface area contributed by atoms with Crippen LogP contribution in [0.1, 0.15) is 22.8 Å². The fourth-order valence-corrected chi connectivity index (χ4v) is 3.49. The summed E-state index contributed by atoms with van der Waals surface area (Å²) in [7, 11) is 0. The molecule has 0 aliphatic carbocycles. The van der Waals surface area contributed by atoms with E-state index in [9.17, 15) is 0 Å². The summed E-state index contributed by atoms with van der Waals surface area (Å²) in [5, 5.41) is 7.24. The number of H-pyrrole nitrogens is 1. The van der Waals surface area contributed by atoms with E-state index in [2.05, 4.69) is 37.2 Å². The molecule has 0 saturated carbocycles. The molecule has 1 fully saturated rings. The third kappa shape index (κ3) is 4.83. The summed E-state index contributed by atoms with van der Waals surface area (Å²) in [5.74, 6) is 1.70. The van der Waals surface area contributed by atoms with Gasteiger partial charge in [0.15, 0.2) is 5.76 Å². The highest BCUT2D eigenvalue weighted by Crippen LogP contribution is 2.11. The van der Waals surface area contributed by atoms with Crippen LogP contribution >= 0.6 is 12.2 Å². The minimum absolute atomic E-state index is 0.576. The second-order valence-corrected chi connectivity index (χ2v) is 7.40. The highest BCUT2D eigenvalue weighted by molar-refractivity contribution is 7.71. The Balaban J connectivity index is 1.31. The molecule has 1 aliphatic rings. The molecule has 3 heterocycles. The van der Waals surface area contributed by atoms with Crippen molar-refractivity contribution in [2.45, 2.75) is 20.1 Å². The Labute approximate surface area is 169 Å². The van der Waals surface area contributed by atoms with E-state index in [1.807, 2.05) is 48.0 Å². The van der Waals surface area contributed by atoms with Crippen LogP contribution in [0, 0.1) is 11.7 Å². The van der Waals surface area contributed by atoms with Gasteiger partial charge in [-0.2, -0.15) is 4.98 Å². The average Bonchev–Trinajstić information content (AvgIpc) is 3.27. The Morgan fingerprint density at radius 2 is 1.86 bits per heavy atom. The number of nitrogens with one attached hydrogen (secondary N) is 1. The van der Waals surface area contributed by atoms with Crippen LogP contribution < -0.4 is 0 Å². The molecule has 8 heteroatoms. The number of nitrogens with zero attached hydrogens (tertiary/aromatic N) is 5. The highest BCUT2D eigenvalue weighted by atomic mass is 32.1. The van der Waals surface area contributed by atoms with Gasteiger partial charge < -0.3 is 4.52 Å². The molecule has 0 spiro atoms. The third-order valence-electron chi connectivity index (χ3n) is 4.79. The van der Waals surface area contributed by atoms with E-state index in [1.165, 1.54) is 0 Å². The van der Waals surface area contributed by atoms with Crippen molar-refractivity contribution < 1.29 is 4.52 Å². The van der Waals surface area contributed by atoms with E-state index < -0.39 is 0 Å². The van der Waals surface area contributed by atoms with Gasteiger partial charge in [-0.3, -0.25) is 14.9 Å². The van der Waals surface area contributed by atoms with Gasteiger partial charge in [-0.05, 0) is 30.8 Å². The highest BCUT2D eigenvalue weighted by Gasteiger charge is 2.19. The lowest BCUT2D eigenvalue weighted by atomic mass is 10.2. The number of aromatic nitrogens is 4. The Bertz CT molecular complexity index is 982. The topological polar surface area (TPSA) is 66.1 Å². The Kier molecular flexibility index (Phi) is 5.80. The van der Waals surface area contributed by atoms with Gasteiger partial charge in [0.1, 0.15) is 5.82 Å². The molecule has 0 radical (unpaired) electrons. The van der Waals surface area contributed by atoms with Gasteiger partial charge in [0.25, 0.3) is 0 Å². The smallest absolute Gasteiger partial charge is 0.217 e. The van der Waals surface area contributed by atoms with Crippen molar-refractivity contribution in [2.24, 2.45) is 0 Å². The fraction of sp³-hybridized carbons (Fsp3) is 0.350. The summed E-state index contributed by atoms with van der Waals surface area (Å²) >= 11 is 5.41. The van der Waals surface area contributed by atoms with Crippen molar-refractivity contribution >= 4 is 24.4 Å². The van der Waals surface area contributed by atoms with E-state index in [0.29, 0.717) is 4.77 Å². The first-order chi connectivity index (χ1) is 13.7. The summed E-state index contributed by atoms with van der Waals surface area (Å²) < 4.78 is 7.82. The predicted octanol–water partition coefficient (Wildman–Crippen LogP) is 3.18. The number of hydrogen-bond donors (Lipinski definition) is 1. The maximum Gasteiger partial charge on any atom is 0.217 e. The van der Waals surface area contributed by atoms with Crippen LogP contribution in [-0.4, -0.2) is 55.9 Å². The molecular weight excluding hydrogens is 372 g/mol. The van der Waals surface area contributed by atoms with Crippen molar-refractivity contribution in [2.75, 3.05) is 26.2 Å². The lowest BCUT2D eigenvalue weighted by Crippen LogP contribution is -2.46. The number of benzene rings is 1. The average molecular weight is 397 g/mol. The zero-order valence-corrected chi connectivity index (χ0v) is 16.7. The van der Waals surface area contributed by atoms with Gasteiger partial charge in [-0.1, -0.05) is 41.6 Å². The Morgan fingerprint density at radius 3 is 2.57 bits per heavy atom. The molecule has 28 heavy (non-hydrogen) atoms. The summed E-state index contributed by atoms with van der Waals surface area (Å²) in [6, 6.07) is 12.2. The third-order valence-corrected chi connectivity index (χ3v) is 5.10. The summed E-state index contributed by atoms with van der Waals surface area (Å²) in [4.78, 5) is 9.20. The molecule has 2 aromatic heterocycles. The maximum absolute atomic E-state index is 5.41. The molecule has 1 aliphatic heterocycles. The van der Waals surface area contributed by atoms with Crippen LogP contribution in [0.15, 0.2) is 40.9 Å². The molecular formula is C20H24N6OS. The van der Waals surface area contributed by atoms with Gasteiger partial charge in [0.05, 0.1) is 18.9 Å². The van der Waals surface area contributed by atoms with Crippen LogP contribution in [0.25, 0.3) is 12.2 Å². The molecule has 1 N–H and O–H groups in total. The zero-order valence-electron chi connectivity index (χ0n) is 15.9. The van der Waals surface area contributed by atoms with Gasteiger partial charge in [0.2, 0.25) is 4.77 Å². The van der Waals surface area contributed by atoms with Crippen molar-refractivity contribution in [3.8, 4) is 0 Å². The van der Waals surface area contributed by atoms with Gasteiger partial charge in [-0.15, -0.1) is 0 Å². The summed E-state index contributed by atoms with van der Waals surface area (Å²) in [6.45, 7) is 7.41. The normalized spacial score (nSPS) is 16.2.